The molecule has 0 saturated heterocycles. The average molecular weight is 228 g/mol. The molecule has 0 atom stereocenters. The summed E-state index contributed by atoms with van der Waals surface area (Å²) in [6.45, 7) is 12.6. The Morgan fingerprint density at radius 1 is 1.18 bits per heavy atom. The first kappa shape index (κ1) is 13.8. The van der Waals surface area contributed by atoms with E-state index in [1.165, 1.54) is 36.0 Å². The summed E-state index contributed by atoms with van der Waals surface area (Å²) in [5.74, 6) is 0. The van der Waals surface area contributed by atoms with Crippen LogP contribution < -0.4 is 0 Å². The van der Waals surface area contributed by atoms with Crippen molar-refractivity contribution in [2.45, 2.75) is 47.0 Å². The number of rotatable bonds is 4. The fraction of sp³-hybridized carbons (Fsp3) is 0.471. The van der Waals surface area contributed by atoms with Crippen LogP contribution in [-0.2, 0) is 6.42 Å². The van der Waals surface area contributed by atoms with Crippen LogP contribution in [0, 0.1) is 5.41 Å². The van der Waals surface area contributed by atoms with Crippen molar-refractivity contribution in [3.8, 4) is 0 Å². The summed E-state index contributed by atoms with van der Waals surface area (Å²) in [4.78, 5) is 0. The summed E-state index contributed by atoms with van der Waals surface area (Å²) < 4.78 is 0. The van der Waals surface area contributed by atoms with Crippen molar-refractivity contribution in [2.75, 3.05) is 0 Å². The Morgan fingerprint density at radius 2 is 1.76 bits per heavy atom. The van der Waals surface area contributed by atoms with Crippen molar-refractivity contribution in [1.29, 1.82) is 0 Å². The summed E-state index contributed by atoms with van der Waals surface area (Å²) >= 11 is 0. The molecular weight excluding hydrogens is 204 g/mol. The lowest BCUT2D eigenvalue weighted by Crippen LogP contribution is -2.07. The van der Waals surface area contributed by atoms with Crippen molar-refractivity contribution in [3.63, 3.8) is 0 Å². The van der Waals surface area contributed by atoms with Gasteiger partial charge in [0, 0.05) is 5.57 Å². The molecule has 0 aliphatic heterocycles. The van der Waals surface area contributed by atoms with Gasteiger partial charge in [0.25, 0.3) is 0 Å². The number of hydrogen-bond acceptors (Lipinski definition) is 0. The maximum absolute atomic E-state index is 3.81. The second-order valence-corrected chi connectivity index (χ2v) is 5.60. The monoisotopic (exact) mass is 228 g/mol. The molecule has 0 amide bonds. The lowest BCUT2D eigenvalue weighted by atomic mass is 9.82. The van der Waals surface area contributed by atoms with Gasteiger partial charge in [0.2, 0.25) is 0 Å². The molecule has 0 aliphatic carbocycles. The minimum Gasteiger partial charge on any atom is -0.124 e. The zero-order valence-corrected chi connectivity index (χ0v) is 11.6. The van der Waals surface area contributed by atoms with Gasteiger partial charge in [-0.25, -0.2) is 0 Å². The van der Waals surface area contributed by atoms with E-state index in [2.05, 4.69) is 64.3 Å². The summed E-state index contributed by atoms with van der Waals surface area (Å²) in [6, 6.07) is 8.86. The Morgan fingerprint density at radius 3 is 2.18 bits per heavy atom. The van der Waals surface area contributed by atoms with Crippen molar-refractivity contribution in [3.05, 3.63) is 47.7 Å². The first-order valence-corrected chi connectivity index (χ1v) is 6.49. The Balaban J connectivity index is 2.91. The first-order chi connectivity index (χ1) is 7.99. The smallest absolute Gasteiger partial charge is 0.00594 e. The highest BCUT2D eigenvalue weighted by atomic mass is 14.2. The molecule has 0 spiro atoms. The molecule has 0 aliphatic rings. The molecule has 1 aromatic carbocycles. The quantitative estimate of drug-likeness (QED) is 0.618. The number of allylic oxidation sites excluding steroid dienone is 1. The zero-order chi connectivity index (χ0) is 12.9. The van der Waals surface area contributed by atoms with E-state index in [0.717, 1.165) is 0 Å². The highest BCUT2D eigenvalue weighted by Gasteiger charge is 2.17. The van der Waals surface area contributed by atoms with E-state index in [0.29, 0.717) is 0 Å². The van der Waals surface area contributed by atoms with Crippen LogP contribution in [0.1, 0.15) is 51.7 Å². The summed E-state index contributed by atoms with van der Waals surface area (Å²) in [5.41, 5.74) is 7.05. The molecule has 0 heteroatoms. The molecule has 92 valence electrons. The SMILES string of the molecule is C=C=C(c1ccc(CCCC)cc1)C(C)(C)C. The lowest BCUT2D eigenvalue weighted by molar-refractivity contribution is 0.567. The minimum atomic E-state index is 0.104. The van der Waals surface area contributed by atoms with Crippen LogP contribution in [0.15, 0.2) is 36.6 Å². The highest BCUT2D eigenvalue weighted by molar-refractivity contribution is 5.68. The lowest BCUT2D eigenvalue weighted by Gasteiger charge is -2.21. The van der Waals surface area contributed by atoms with Crippen LogP contribution in [-0.4, -0.2) is 0 Å². The number of unbranched alkanes of at least 4 members (excludes halogenated alkanes) is 1. The molecule has 0 saturated carbocycles. The van der Waals surface area contributed by atoms with E-state index in [1.807, 2.05) is 0 Å². The first-order valence-electron chi connectivity index (χ1n) is 6.49. The highest BCUT2D eigenvalue weighted by Crippen LogP contribution is 2.32. The Kier molecular flexibility index (Phi) is 4.78. The number of hydrogen-bond donors (Lipinski definition) is 0. The summed E-state index contributed by atoms with van der Waals surface area (Å²) in [6.07, 6.45) is 3.70. The van der Waals surface area contributed by atoms with Crippen molar-refractivity contribution >= 4 is 5.57 Å². The van der Waals surface area contributed by atoms with Crippen LogP contribution in [0.5, 0.6) is 0 Å². The molecular formula is C17H24. The van der Waals surface area contributed by atoms with E-state index in [9.17, 15) is 0 Å². The van der Waals surface area contributed by atoms with Crippen LogP contribution >= 0.6 is 0 Å². The maximum atomic E-state index is 3.81. The molecule has 1 aromatic rings. The molecule has 0 heterocycles. The minimum absolute atomic E-state index is 0.104. The van der Waals surface area contributed by atoms with Gasteiger partial charge in [-0.1, -0.05) is 65.0 Å². The molecule has 1 rings (SSSR count). The number of benzene rings is 1. The molecule has 0 nitrogen and oxygen atoms in total. The topological polar surface area (TPSA) is 0 Å². The van der Waals surface area contributed by atoms with Gasteiger partial charge in [0.05, 0.1) is 0 Å². The second-order valence-electron chi connectivity index (χ2n) is 5.60. The standard InChI is InChI=1S/C17H24/c1-6-8-9-14-10-12-15(13-11-14)16(7-2)17(3,4)5/h10-13H,2,6,8-9H2,1,3-5H3. The van der Waals surface area contributed by atoms with Gasteiger partial charge in [-0.15, -0.1) is 5.73 Å². The molecule has 0 unspecified atom stereocenters. The number of aryl methyl sites for hydroxylation is 1. The van der Waals surface area contributed by atoms with E-state index < -0.39 is 0 Å². The van der Waals surface area contributed by atoms with Gasteiger partial charge in [-0.3, -0.25) is 0 Å². The normalized spacial score (nSPS) is 11.1. The van der Waals surface area contributed by atoms with E-state index in [1.54, 1.807) is 0 Å². The third kappa shape index (κ3) is 3.91. The third-order valence-corrected chi connectivity index (χ3v) is 2.99. The predicted octanol–water partition coefficient (Wildman–Crippen LogP) is 5.24. The Hall–Kier alpha value is -1.26. The maximum Gasteiger partial charge on any atom is 0.00594 e. The van der Waals surface area contributed by atoms with Crippen LogP contribution in [0.25, 0.3) is 5.57 Å². The van der Waals surface area contributed by atoms with Crippen molar-refractivity contribution in [2.24, 2.45) is 5.41 Å². The molecule has 0 fully saturated rings. The molecule has 17 heavy (non-hydrogen) atoms. The van der Waals surface area contributed by atoms with Crippen LogP contribution in [0.3, 0.4) is 0 Å². The molecule has 0 bridgehead atoms. The van der Waals surface area contributed by atoms with E-state index in [-0.39, 0.29) is 5.41 Å². The summed E-state index contributed by atoms with van der Waals surface area (Å²) in [7, 11) is 0. The Bertz CT molecular complexity index is 395. The largest absolute Gasteiger partial charge is 0.124 e. The molecule has 0 aromatic heterocycles. The van der Waals surface area contributed by atoms with Gasteiger partial charge < -0.3 is 0 Å². The summed E-state index contributed by atoms with van der Waals surface area (Å²) in [5, 5.41) is 0. The molecule has 0 radical (unpaired) electrons. The van der Waals surface area contributed by atoms with Gasteiger partial charge in [-0.05, 0) is 29.4 Å². The predicted molar refractivity (Wildman–Crippen MR) is 77.1 cm³/mol. The van der Waals surface area contributed by atoms with Crippen LogP contribution in [0.2, 0.25) is 0 Å². The second kappa shape index (κ2) is 5.89. The van der Waals surface area contributed by atoms with E-state index in [4.69, 9.17) is 0 Å². The fourth-order valence-corrected chi connectivity index (χ4v) is 2.02. The van der Waals surface area contributed by atoms with Crippen LogP contribution in [0.4, 0.5) is 0 Å². The third-order valence-electron chi connectivity index (χ3n) is 2.99. The van der Waals surface area contributed by atoms with Gasteiger partial charge >= 0.3 is 0 Å². The average Bonchev–Trinajstić information content (AvgIpc) is 2.27. The molecule has 0 N–H and O–H groups in total. The van der Waals surface area contributed by atoms with Gasteiger partial charge in [-0.2, -0.15) is 0 Å². The van der Waals surface area contributed by atoms with Crippen molar-refractivity contribution in [1.82, 2.24) is 0 Å². The van der Waals surface area contributed by atoms with Gasteiger partial charge in [0.1, 0.15) is 0 Å². The van der Waals surface area contributed by atoms with Gasteiger partial charge in [0.15, 0.2) is 0 Å². The van der Waals surface area contributed by atoms with Crippen molar-refractivity contribution < 1.29 is 0 Å². The zero-order valence-electron chi connectivity index (χ0n) is 11.6. The Labute approximate surface area is 106 Å². The fourth-order valence-electron chi connectivity index (χ4n) is 2.02. The van der Waals surface area contributed by atoms with E-state index >= 15 is 0 Å².